The van der Waals surface area contributed by atoms with E-state index in [1.807, 2.05) is 0 Å². The molecule has 0 amide bonds. The summed E-state index contributed by atoms with van der Waals surface area (Å²) in [5.74, 6) is 0. The summed E-state index contributed by atoms with van der Waals surface area (Å²) >= 11 is 0. The van der Waals surface area contributed by atoms with Gasteiger partial charge in [-0.05, 0) is 36.8 Å². The van der Waals surface area contributed by atoms with Crippen LogP contribution in [0.3, 0.4) is 0 Å². The van der Waals surface area contributed by atoms with Gasteiger partial charge in [0.25, 0.3) is 0 Å². The molecule has 1 saturated heterocycles. The molecule has 0 bridgehead atoms. The van der Waals surface area contributed by atoms with Crippen LogP contribution in [0.5, 0.6) is 0 Å². The predicted octanol–water partition coefficient (Wildman–Crippen LogP) is 3.21. The Labute approximate surface area is 117 Å². The molecule has 1 unspecified atom stereocenters. The van der Waals surface area contributed by atoms with Gasteiger partial charge in [0.05, 0.1) is 0 Å². The smallest absolute Gasteiger partial charge is 0.0472 e. The van der Waals surface area contributed by atoms with Crippen molar-refractivity contribution in [2.45, 2.75) is 45.2 Å². The standard InChI is InChI=1S/C17H26N2/c1-17(2)10-11-19(13-17)16(12-18-15-8-9-15)14-6-4-3-5-7-14/h3-7,15-16,18H,8-13H2,1-2H3. The van der Waals surface area contributed by atoms with Gasteiger partial charge >= 0.3 is 0 Å². The van der Waals surface area contributed by atoms with Crippen LogP contribution in [0, 0.1) is 5.41 Å². The number of nitrogens with one attached hydrogen (secondary N) is 1. The normalized spacial score (nSPS) is 24.5. The second kappa shape index (κ2) is 5.26. The maximum atomic E-state index is 3.72. The zero-order valence-corrected chi connectivity index (χ0v) is 12.2. The summed E-state index contributed by atoms with van der Waals surface area (Å²) in [5, 5.41) is 3.72. The lowest BCUT2D eigenvalue weighted by atomic mass is 9.93. The highest BCUT2D eigenvalue weighted by Crippen LogP contribution is 2.35. The largest absolute Gasteiger partial charge is 0.312 e. The highest BCUT2D eigenvalue weighted by Gasteiger charge is 2.34. The number of rotatable bonds is 5. The second-order valence-electron chi connectivity index (χ2n) is 6.99. The Bertz CT molecular complexity index is 409. The average molecular weight is 258 g/mol. The summed E-state index contributed by atoms with van der Waals surface area (Å²) in [4.78, 5) is 2.67. The molecule has 19 heavy (non-hydrogen) atoms. The van der Waals surface area contributed by atoms with Crippen LogP contribution in [0.25, 0.3) is 0 Å². The molecule has 0 radical (unpaired) electrons. The van der Waals surface area contributed by atoms with Gasteiger partial charge in [0.15, 0.2) is 0 Å². The Morgan fingerprint density at radius 1 is 1.26 bits per heavy atom. The molecule has 1 aliphatic carbocycles. The molecule has 1 saturated carbocycles. The van der Waals surface area contributed by atoms with E-state index in [4.69, 9.17) is 0 Å². The van der Waals surface area contributed by atoms with E-state index < -0.39 is 0 Å². The fourth-order valence-corrected chi connectivity index (χ4v) is 3.12. The number of nitrogens with zero attached hydrogens (tertiary/aromatic N) is 1. The summed E-state index contributed by atoms with van der Waals surface area (Å²) in [6.45, 7) is 8.34. The van der Waals surface area contributed by atoms with Crippen molar-refractivity contribution < 1.29 is 0 Å². The lowest BCUT2D eigenvalue weighted by Gasteiger charge is -2.30. The first-order valence-corrected chi connectivity index (χ1v) is 7.66. The third-order valence-corrected chi connectivity index (χ3v) is 4.51. The Morgan fingerprint density at radius 2 is 2.00 bits per heavy atom. The highest BCUT2D eigenvalue weighted by atomic mass is 15.2. The lowest BCUT2D eigenvalue weighted by molar-refractivity contribution is 0.213. The molecular weight excluding hydrogens is 232 g/mol. The van der Waals surface area contributed by atoms with Crippen molar-refractivity contribution in [3.05, 3.63) is 35.9 Å². The van der Waals surface area contributed by atoms with Gasteiger partial charge in [0.2, 0.25) is 0 Å². The topological polar surface area (TPSA) is 15.3 Å². The van der Waals surface area contributed by atoms with E-state index >= 15 is 0 Å². The third kappa shape index (κ3) is 3.37. The van der Waals surface area contributed by atoms with Crippen LogP contribution in [-0.2, 0) is 0 Å². The Balaban J connectivity index is 1.72. The van der Waals surface area contributed by atoms with Gasteiger partial charge in [0.1, 0.15) is 0 Å². The van der Waals surface area contributed by atoms with Gasteiger partial charge in [-0.3, -0.25) is 4.90 Å². The molecule has 1 atom stereocenters. The van der Waals surface area contributed by atoms with Crippen molar-refractivity contribution in [2.75, 3.05) is 19.6 Å². The van der Waals surface area contributed by atoms with E-state index in [0.717, 1.165) is 12.6 Å². The molecule has 2 aliphatic rings. The van der Waals surface area contributed by atoms with Crippen molar-refractivity contribution in [1.82, 2.24) is 10.2 Å². The van der Waals surface area contributed by atoms with Crippen molar-refractivity contribution in [3.63, 3.8) is 0 Å². The van der Waals surface area contributed by atoms with Gasteiger partial charge in [-0.1, -0.05) is 44.2 Å². The summed E-state index contributed by atoms with van der Waals surface area (Å²) in [6, 6.07) is 12.4. The average Bonchev–Trinajstić information content (AvgIpc) is 3.15. The van der Waals surface area contributed by atoms with E-state index in [0.29, 0.717) is 11.5 Å². The molecular formula is C17H26N2. The Hall–Kier alpha value is -0.860. The zero-order chi connectivity index (χ0) is 13.3. The molecule has 3 rings (SSSR count). The van der Waals surface area contributed by atoms with Crippen LogP contribution in [0.15, 0.2) is 30.3 Å². The van der Waals surface area contributed by atoms with E-state index in [9.17, 15) is 0 Å². The predicted molar refractivity (Wildman–Crippen MR) is 80.2 cm³/mol. The summed E-state index contributed by atoms with van der Waals surface area (Å²) in [6.07, 6.45) is 4.06. The van der Waals surface area contributed by atoms with Crippen molar-refractivity contribution in [1.29, 1.82) is 0 Å². The van der Waals surface area contributed by atoms with E-state index in [1.54, 1.807) is 0 Å². The first-order chi connectivity index (χ1) is 9.14. The number of hydrogen-bond donors (Lipinski definition) is 1. The van der Waals surface area contributed by atoms with Crippen LogP contribution >= 0.6 is 0 Å². The molecule has 1 N–H and O–H groups in total. The highest BCUT2D eigenvalue weighted by molar-refractivity contribution is 5.20. The van der Waals surface area contributed by atoms with Crippen molar-refractivity contribution in [2.24, 2.45) is 5.41 Å². The van der Waals surface area contributed by atoms with Crippen LogP contribution in [-0.4, -0.2) is 30.6 Å². The number of benzene rings is 1. The molecule has 2 fully saturated rings. The second-order valence-corrected chi connectivity index (χ2v) is 6.99. The van der Waals surface area contributed by atoms with E-state index in [1.165, 1.54) is 37.9 Å². The van der Waals surface area contributed by atoms with Crippen molar-refractivity contribution >= 4 is 0 Å². The minimum atomic E-state index is 0.479. The molecule has 1 aromatic carbocycles. The molecule has 1 aromatic rings. The molecule has 2 heteroatoms. The minimum absolute atomic E-state index is 0.479. The van der Waals surface area contributed by atoms with Gasteiger partial charge in [-0.2, -0.15) is 0 Å². The van der Waals surface area contributed by atoms with Gasteiger partial charge in [0, 0.05) is 25.2 Å². The lowest BCUT2D eigenvalue weighted by Crippen LogP contribution is -2.36. The summed E-state index contributed by atoms with van der Waals surface area (Å²) < 4.78 is 0. The summed E-state index contributed by atoms with van der Waals surface area (Å²) in [5.41, 5.74) is 1.94. The fourth-order valence-electron chi connectivity index (χ4n) is 3.12. The Morgan fingerprint density at radius 3 is 2.58 bits per heavy atom. The first kappa shape index (κ1) is 13.1. The molecule has 0 aromatic heterocycles. The van der Waals surface area contributed by atoms with E-state index in [2.05, 4.69) is 54.4 Å². The number of hydrogen-bond acceptors (Lipinski definition) is 2. The molecule has 1 heterocycles. The van der Waals surface area contributed by atoms with E-state index in [-0.39, 0.29) is 0 Å². The van der Waals surface area contributed by atoms with Crippen LogP contribution in [0.4, 0.5) is 0 Å². The maximum Gasteiger partial charge on any atom is 0.0472 e. The maximum absolute atomic E-state index is 3.72. The zero-order valence-electron chi connectivity index (χ0n) is 12.2. The van der Waals surface area contributed by atoms with Crippen molar-refractivity contribution in [3.8, 4) is 0 Å². The molecule has 1 aliphatic heterocycles. The molecule has 2 nitrogen and oxygen atoms in total. The molecule has 104 valence electrons. The number of likely N-dealkylation sites (tertiary alicyclic amines) is 1. The van der Waals surface area contributed by atoms with Gasteiger partial charge < -0.3 is 5.32 Å². The minimum Gasteiger partial charge on any atom is -0.312 e. The fraction of sp³-hybridized carbons (Fsp3) is 0.647. The SMILES string of the molecule is CC1(C)CCN(C(CNC2CC2)c2ccccc2)C1. The van der Waals surface area contributed by atoms with Gasteiger partial charge in [-0.15, -0.1) is 0 Å². The van der Waals surface area contributed by atoms with Crippen LogP contribution in [0.1, 0.15) is 44.7 Å². The van der Waals surface area contributed by atoms with Gasteiger partial charge in [-0.25, -0.2) is 0 Å². The third-order valence-electron chi connectivity index (χ3n) is 4.51. The van der Waals surface area contributed by atoms with Crippen LogP contribution in [0.2, 0.25) is 0 Å². The molecule has 0 spiro atoms. The quantitative estimate of drug-likeness (QED) is 0.872. The summed E-state index contributed by atoms with van der Waals surface area (Å²) in [7, 11) is 0. The monoisotopic (exact) mass is 258 g/mol. The Kier molecular flexibility index (Phi) is 3.64. The first-order valence-electron chi connectivity index (χ1n) is 7.66. The van der Waals surface area contributed by atoms with Crippen LogP contribution < -0.4 is 5.32 Å².